The number of hydrogen-bond acceptors (Lipinski definition) is 4. The largest absolute Gasteiger partial charge is 0.444 e. The maximum atomic E-state index is 14.0. The second-order valence-electron chi connectivity index (χ2n) is 7.70. The maximum Gasteiger partial charge on any atom is 0.266 e. The van der Waals surface area contributed by atoms with Crippen molar-refractivity contribution in [2.24, 2.45) is 0 Å². The fraction of sp³-hybridized carbons (Fsp3) is 0. The molecule has 2 aromatic heterocycles. The van der Waals surface area contributed by atoms with Gasteiger partial charge in [0.05, 0.1) is 21.9 Å². The lowest BCUT2D eigenvalue weighted by atomic mass is 10.2. The van der Waals surface area contributed by atoms with Crippen LogP contribution in [0, 0.1) is 5.82 Å². The van der Waals surface area contributed by atoms with Crippen LogP contribution >= 0.6 is 8.15 Å². The van der Waals surface area contributed by atoms with E-state index in [1.54, 1.807) is 0 Å². The van der Waals surface area contributed by atoms with Gasteiger partial charge in [-0.15, -0.1) is 0 Å². The van der Waals surface area contributed by atoms with Gasteiger partial charge in [-0.1, -0.05) is 72.8 Å². The highest BCUT2D eigenvalue weighted by Gasteiger charge is 2.22. The summed E-state index contributed by atoms with van der Waals surface area (Å²) in [6, 6.07) is 31.1. The minimum absolute atomic E-state index is 0.223. The van der Waals surface area contributed by atoms with Crippen molar-refractivity contribution in [1.82, 2.24) is 14.4 Å². The number of fused-ring (bicyclic) bond motifs is 4. The summed E-state index contributed by atoms with van der Waals surface area (Å²) in [5, 5.41) is 2.31. The summed E-state index contributed by atoms with van der Waals surface area (Å²) < 4.78 is 22.1. The first kappa shape index (κ1) is 20.5. The Morgan fingerprint density at radius 3 is 2.09 bits per heavy atom. The molecule has 0 aliphatic heterocycles. The predicted octanol–water partition coefficient (Wildman–Crippen LogP) is 4.96. The van der Waals surface area contributed by atoms with Crippen LogP contribution in [0.4, 0.5) is 4.39 Å². The van der Waals surface area contributed by atoms with Crippen molar-refractivity contribution in [2.75, 3.05) is 0 Å². The highest BCUT2D eigenvalue weighted by molar-refractivity contribution is 7.68. The third-order valence-electron chi connectivity index (χ3n) is 5.53. The summed E-state index contributed by atoms with van der Waals surface area (Å²) in [5.74, 6) is -0.239. The zero-order chi connectivity index (χ0) is 23.1. The SMILES string of the molecule is O=c1c2ccc(F)cc2nc2c(OP(c3ccccc3)c3ccccc3)nc3ccccc3n12. The molecule has 0 aliphatic rings. The molecule has 0 amide bonds. The molecule has 0 saturated carbocycles. The first-order valence-corrected chi connectivity index (χ1v) is 11.9. The van der Waals surface area contributed by atoms with Gasteiger partial charge >= 0.3 is 0 Å². The van der Waals surface area contributed by atoms with Crippen LogP contribution in [0.5, 0.6) is 5.88 Å². The highest BCUT2D eigenvalue weighted by Crippen LogP contribution is 2.38. The van der Waals surface area contributed by atoms with Crippen molar-refractivity contribution in [3.63, 3.8) is 0 Å². The average molecular weight is 465 g/mol. The summed E-state index contributed by atoms with van der Waals surface area (Å²) in [7, 11) is -1.31. The molecule has 0 bridgehead atoms. The quantitative estimate of drug-likeness (QED) is 0.210. The van der Waals surface area contributed by atoms with Gasteiger partial charge in [-0.2, -0.15) is 0 Å². The molecule has 5 nitrogen and oxygen atoms in total. The van der Waals surface area contributed by atoms with Crippen LogP contribution in [-0.4, -0.2) is 14.4 Å². The number of aromatic nitrogens is 3. The first-order valence-electron chi connectivity index (χ1n) is 10.7. The summed E-state index contributed by atoms with van der Waals surface area (Å²) in [4.78, 5) is 22.9. The summed E-state index contributed by atoms with van der Waals surface area (Å²) in [6.07, 6.45) is 0. The Kier molecular flexibility index (Phi) is 5.01. The van der Waals surface area contributed by atoms with Gasteiger partial charge in [0.25, 0.3) is 11.4 Å². The number of hydrogen-bond donors (Lipinski definition) is 0. The third kappa shape index (κ3) is 3.49. The van der Waals surface area contributed by atoms with Crippen molar-refractivity contribution in [1.29, 1.82) is 0 Å². The van der Waals surface area contributed by atoms with Crippen LogP contribution in [0.1, 0.15) is 0 Å². The molecule has 0 fully saturated rings. The lowest BCUT2D eigenvalue weighted by Gasteiger charge is -2.20. The normalized spacial score (nSPS) is 11.5. The molecule has 0 saturated heterocycles. The molecular formula is C27H17FN3O2P. The van der Waals surface area contributed by atoms with E-state index in [0.29, 0.717) is 16.4 Å². The molecule has 0 aliphatic carbocycles. The van der Waals surface area contributed by atoms with E-state index in [1.807, 2.05) is 84.9 Å². The highest BCUT2D eigenvalue weighted by atomic mass is 31.1. The Morgan fingerprint density at radius 2 is 1.38 bits per heavy atom. The summed E-state index contributed by atoms with van der Waals surface area (Å²) in [5.41, 5.74) is 1.42. The summed E-state index contributed by atoms with van der Waals surface area (Å²) >= 11 is 0. The number of para-hydroxylation sites is 2. The molecular weight excluding hydrogens is 448 g/mol. The van der Waals surface area contributed by atoms with Crippen LogP contribution in [-0.2, 0) is 0 Å². The van der Waals surface area contributed by atoms with E-state index < -0.39 is 14.0 Å². The lowest BCUT2D eigenvalue weighted by molar-refractivity contribution is 0.605. The molecule has 0 radical (unpaired) electrons. The lowest BCUT2D eigenvalue weighted by Crippen LogP contribution is -2.20. The maximum absolute atomic E-state index is 14.0. The smallest absolute Gasteiger partial charge is 0.266 e. The number of benzene rings is 4. The van der Waals surface area contributed by atoms with E-state index in [0.717, 1.165) is 10.6 Å². The van der Waals surface area contributed by atoms with E-state index in [4.69, 9.17) is 9.51 Å². The Morgan fingerprint density at radius 1 is 0.735 bits per heavy atom. The van der Waals surface area contributed by atoms with Gasteiger partial charge in [-0.05, 0) is 24.3 Å². The standard InChI is InChI=1S/C27H17FN3O2P/c28-18-15-16-21-23(17-18)29-25-26(30-22-13-7-8-14-24(22)31(25)27(21)32)33-34(19-9-3-1-4-10-19)20-11-5-2-6-12-20/h1-17H. The van der Waals surface area contributed by atoms with Gasteiger partial charge < -0.3 is 4.52 Å². The van der Waals surface area contributed by atoms with Gasteiger partial charge in [0.2, 0.25) is 5.65 Å². The first-order chi connectivity index (χ1) is 16.7. The van der Waals surface area contributed by atoms with Crippen molar-refractivity contribution in [3.8, 4) is 5.88 Å². The van der Waals surface area contributed by atoms with Crippen LogP contribution in [0.15, 0.2) is 108 Å². The number of halogens is 1. The molecule has 0 atom stereocenters. The third-order valence-corrected chi connectivity index (χ3v) is 7.42. The zero-order valence-electron chi connectivity index (χ0n) is 17.8. The molecule has 34 heavy (non-hydrogen) atoms. The minimum Gasteiger partial charge on any atom is -0.444 e. The van der Waals surface area contributed by atoms with E-state index in [9.17, 15) is 9.18 Å². The van der Waals surface area contributed by atoms with Crippen LogP contribution in [0.2, 0.25) is 0 Å². The van der Waals surface area contributed by atoms with Gasteiger partial charge in [0.15, 0.2) is 8.15 Å². The molecule has 4 aromatic carbocycles. The number of rotatable bonds is 4. The second kappa shape index (κ2) is 8.32. The van der Waals surface area contributed by atoms with E-state index in [2.05, 4.69) is 4.98 Å². The Hall–Kier alpha value is -4.15. The molecule has 0 N–H and O–H groups in total. The van der Waals surface area contributed by atoms with Crippen molar-refractivity contribution in [2.45, 2.75) is 0 Å². The monoisotopic (exact) mass is 465 g/mol. The van der Waals surface area contributed by atoms with Gasteiger partial charge in [0, 0.05) is 16.7 Å². The fourth-order valence-corrected chi connectivity index (χ4v) is 5.65. The van der Waals surface area contributed by atoms with Gasteiger partial charge in [0.1, 0.15) is 5.82 Å². The minimum atomic E-state index is -1.31. The van der Waals surface area contributed by atoms with Crippen molar-refractivity contribution >= 4 is 46.3 Å². The van der Waals surface area contributed by atoms with E-state index in [1.165, 1.54) is 22.6 Å². The Bertz CT molecular complexity index is 1680. The van der Waals surface area contributed by atoms with Gasteiger partial charge in [-0.25, -0.2) is 14.4 Å². The molecule has 2 heterocycles. The second-order valence-corrected chi connectivity index (χ2v) is 9.50. The van der Waals surface area contributed by atoms with Crippen LogP contribution in [0.25, 0.3) is 27.6 Å². The topological polar surface area (TPSA) is 56.5 Å². The van der Waals surface area contributed by atoms with Crippen molar-refractivity contribution in [3.05, 3.63) is 119 Å². The Labute approximate surface area is 195 Å². The Balaban J connectivity index is 1.65. The van der Waals surface area contributed by atoms with Crippen LogP contribution < -0.4 is 20.7 Å². The molecule has 0 unspecified atom stereocenters. The van der Waals surface area contributed by atoms with E-state index >= 15 is 0 Å². The zero-order valence-corrected chi connectivity index (χ0v) is 18.7. The van der Waals surface area contributed by atoms with Gasteiger partial charge in [-0.3, -0.25) is 9.20 Å². The van der Waals surface area contributed by atoms with Crippen molar-refractivity contribution < 1.29 is 8.91 Å². The summed E-state index contributed by atoms with van der Waals surface area (Å²) in [6.45, 7) is 0. The molecule has 164 valence electrons. The average Bonchev–Trinajstić information content (AvgIpc) is 2.88. The molecule has 0 spiro atoms. The van der Waals surface area contributed by atoms with Crippen LogP contribution in [0.3, 0.4) is 0 Å². The molecule has 6 rings (SSSR count). The predicted molar refractivity (Wildman–Crippen MR) is 134 cm³/mol. The van der Waals surface area contributed by atoms with E-state index in [-0.39, 0.29) is 22.6 Å². The molecule has 7 heteroatoms. The fourth-order valence-electron chi connectivity index (χ4n) is 3.96. The molecule has 6 aromatic rings. The number of nitrogens with zero attached hydrogens (tertiary/aromatic N) is 3.